The lowest BCUT2D eigenvalue weighted by Gasteiger charge is -2.04. The Morgan fingerprint density at radius 2 is 1.93 bits per heavy atom. The van der Waals surface area contributed by atoms with Crippen LogP contribution in [0.25, 0.3) is 10.8 Å². The minimum Gasteiger partial charge on any atom is -0.258 e. The van der Waals surface area contributed by atoms with E-state index in [0.29, 0.717) is 6.42 Å². The first-order valence-corrected chi connectivity index (χ1v) is 4.89. The maximum atomic E-state index is 10.8. The third-order valence-electron chi connectivity index (χ3n) is 2.57. The summed E-state index contributed by atoms with van der Waals surface area (Å²) < 4.78 is 0. The Morgan fingerprint density at radius 1 is 1.20 bits per heavy atom. The van der Waals surface area contributed by atoms with Gasteiger partial charge in [-0.2, -0.15) is 0 Å². The molecular weight excluding hydrogens is 190 g/mol. The topological polar surface area (TPSA) is 43.1 Å². The lowest BCUT2D eigenvalue weighted by molar-refractivity contribution is -0.385. The molecule has 15 heavy (non-hydrogen) atoms. The van der Waals surface area contributed by atoms with Gasteiger partial charge in [-0.1, -0.05) is 31.2 Å². The van der Waals surface area contributed by atoms with E-state index in [9.17, 15) is 10.1 Å². The molecule has 0 spiro atoms. The molecule has 0 aliphatic carbocycles. The molecule has 0 heterocycles. The summed E-state index contributed by atoms with van der Waals surface area (Å²) in [5.74, 6) is 0. The van der Waals surface area contributed by atoms with Crippen LogP contribution in [0.15, 0.2) is 36.4 Å². The number of aryl methyl sites for hydroxylation is 1. The molecule has 2 aromatic rings. The molecule has 2 aromatic carbocycles. The van der Waals surface area contributed by atoms with Crippen molar-refractivity contribution >= 4 is 16.5 Å². The van der Waals surface area contributed by atoms with Crippen molar-refractivity contribution in [2.45, 2.75) is 13.3 Å². The highest BCUT2D eigenvalue weighted by atomic mass is 16.6. The van der Waals surface area contributed by atoms with E-state index in [1.165, 1.54) is 0 Å². The zero-order valence-electron chi connectivity index (χ0n) is 8.43. The lowest BCUT2D eigenvalue weighted by atomic mass is 10.0. The van der Waals surface area contributed by atoms with Crippen LogP contribution in [0.2, 0.25) is 0 Å². The normalized spacial score (nSPS) is 10.5. The molecule has 0 radical (unpaired) electrons. The van der Waals surface area contributed by atoms with Gasteiger partial charge in [-0.25, -0.2) is 0 Å². The molecular formula is C12H11NO2. The highest BCUT2D eigenvalue weighted by Gasteiger charge is 2.14. The second kappa shape index (κ2) is 3.69. The molecule has 0 unspecified atom stereocenters. The van der Waals surface area contributed by atoms with E-state index in [1.807, 2.05) is 31.2 Å². The third-order valence-corrected chi connectivity index (χ3v) is 2.57. The van der Waals surface area contributed by atoms with Gasteiger partial charge in [0.25, 0.3) is 5.69 Å². The maximum Gasteiger partial charge on any atom is 0.273 e. The van der Waals surface area contributed by atoms with E-state index in [0.717, 1.165) is 16.3 Å². The number of hydrogen-bond donors (Lipinski definition) is 0. The molecule has 3 heteroatoms. The second-order valence-corrected chi connectivity index (χ2v) is 3.40. The van der Waals surface area contributed by atoms with E-state index in [-0.39, 0.29) is 10.6 Å². The Labute approximate surface area is 87.5 Å². The van der Waals surface area contributed by atoms with E-state index in [2.05, 4.69) is 0 Å². The molecule has 0 aliphatic rings. The van der Waals surface area contributed by atoms with Gasteiger partial charge in [-0.05, 0) is 23.3 Å². The van der Waals surface area contributed by atoms with Crippen molar-refractivity contribution in [2.24, 2.45) is 0 Å². The fraction of sp³-hybridized carbons (Fsp3) is 0.167. The van der Waals surface area contributed by atoms with Crippen molar-refractivity contribution in [3.8, 4) is 0 Å². The maximum absolute atomic E-state index is 10.8. The molecule has 3 nitrogen and oxygen atoms in total. The van der Waals surface area contributed by atoms with Gasteiger partial charge >= 0.3 is 0 Å². The van der Waals surface area contributed by atoms with Crippen LogP contribution in [-0.4, -0.2) is 4.92 Å². The van der Waals surface area contributed by atoms with Crippen molar-refractivity contribution in [1.29, 1.82) is 0 Å². The van der Waals surface area contributed by atoms with Gasteiger partial charge in [0.2, 0.25) is 0 Å². The quantitative estimate of drug-likeness (QED) is 0.552. The van der Waals surface area contributed by atoms with Crippen LogP contribution < -0.4 is 0 Å². The largest absolute Gasteiger partial charge is 0.273 e. The smallest absolute Gasteiger partial charge is 0.258 e. The molecule has 0 aliphatic heterocycles. The molecule has 0 N–H and O–H groups in total. The molecule has 0 saturated heterocycles. The van der Waals surface area contributed by atoms with Crippen LogP contribution in [0.5, 0.6) is 0 Å². The summed E-state index contributed by atoms with van der Waals surface area (Å²) >= 11 is 0. The Balaban J connectivity index is 2.81. The number of hydrogen-bond acceptors (Lipinski definition) is 2. The van der Waals surface area contributed by atoms with Crippen LogP contribution in [0.4, 0.5) is 5.69 Å². The van der Waals surface area contributed by atoms with E-state index in [4.69, 9.17) is 0 Å². The Hall–Kier alpha value is -1.90. The van der Waals surface area contributed by atoms with Crippen molar-refractivity contribution in [3.63, 3.8) is 0 Å². The van der Waals surface area contributed by atoms with Gasteiger partial charge in [0.05, 0.1) is 4.92 Å². The molecule has 2 rings (SSSR count). The summed E-state index contributed by atoms with van der Waals surface area (Å²) in [5, 5.41) is 12.9. The fourth-order valence-electron chi connectivity index (χ4n) is 1.87. The monoisotopic (exact) mass is 201 g/mol. The van der Waals surface area contributed by atoms with Gasteiger partial charge in [0.1, 0.15) is 0 Å². The van der Waals surface area contributed by atoms with Gasteiger partial charge < -0.3 is 0 Å². The van der Waals surface area contributed by atoms with Gasteiger partial charge in [0.15, 0.2) is 0 Å². The number of fused-ring (bicyclic) bond motifs is 1. The van der Waals surface area contributed by atoms with E-state index in [1.54, 1.807) is 12.1 Å². The summed E-state index contributed by atoms with van der Waals surface area (Å²) in [6, 6.07) is 11.1. The first kappa shape index (κ1) is 9.65. The molecule has 0 fully saturated rings. The average molecular weight is 201 g/mol. The Morgan fingerprint density at radius 3 is 2.60 bits per heavy atom. The molecule has 0 atom stereocenters. The lowest BCUT2D eigenvalue weighted by Crippen LogP contribution is -1.95. The summed E-state index contributed by atoms with van der Waals surface area (Å²) in [6.07, 6.45) is 0.678. The van der Waals surface area contributed by atoms with Crippen molar-refractivity contribution in [1.82, 2.24) is 0 Å². The SMILES string of the molecule is CCc1c([N+](=O)[O-])ccc2ccccc12. The molecule has 0 saturated carbocycles. The predicted octanol–water partition coefficient (Wildman–Crippen LogP) is 3.31. The number of nitro benzene ring substituents is 1. The third kappa shape index (κ3) is 1.56. The first-order valence-electron chi connectivity index (χ1n) is 4.89. The molecule has 0 aromatic heterocycles. The second-order valence-electron chi connectivity index (χ2n) is 3.40. The zero-order valence-corrected chi connectivity index (χ0v) is 8.43. The average Bonchev–Trinajstić information content (AvgIpc) is 2.27. The van der Waals surface area contributed by atoms with Crippen LogP contribution in [-0.2, 0) is 6.42 Å². The fourth-order valence-corrected chi connectivity index (χ4v) is 1.87. The van der Waals surface area contributed by atoms with Gasteiger partial charge in [0, 0.05) is 11.6 Å². The van der Waals surface area contributed by atoms with Crippen LogP contribution in [0, 0.1) is 10.1 Å². The van der Waals surface area contributed by atoms with E-state index >= 15 is 0 Å². The van der Waals surface area contributed by atoms with Gasteiger partial charge in [-0.15, -0.1) is 0 Å². The Kier molecular flexibility index (Phi) is 2.37. The number of nitro groups is 1. The molecule has 0 amide bonds. The zero-order chi connectivity index (χ0) is 10.8. The van der Waals surface area contributed by atoms with Crippen molar-refractivity contribution in [3.05, 3.63) is 52.1 Å². The Bertz CT molecular complexity index is 520. The highest BCUT2D eigenvalue weighted by Crippen LogP contribution is 2.27. The summed E-state index contributed by atoms with van der Waals surface area (Å²) in [6.45, 7) is 1.94. The minimum absolute atomic E-state index is 0.219. The van der Waals surface area contributed by atoms with Crippen LogP contribution >= 0.6 is 0 Å². The number of benzene rings is 2. The van der Waals surface area contributed by atoms with Crippen LogP contribution in [0.1, 0.15) is 12.5 Å². The predicted molar refractivity (Wildman–Crippen MR) is 60.0 cm³/mol. The summed E-state index contributed by atoms with van der Waals surface area (Å²) in [5.41, 5.74) is 1.04. The number of nitrogens with zero attached hydrogens (tertiary/aromatic N) is 1. The van der Waals surface area contributed by atoms with Crippen molar-refractivity contribution in [2.75, 3.05) is 0 Å². The molecule has 76 valence electrons. The summed E-state index contributed by atoms with van der Waals surface area (Å²) in [7, 11) is 0. The van der Waals surface area contributed by atoms with Gasteiger partial charge in [-0.3, -0.25) is 10.1 Å². The molecule has 0 bridgehead atoms. The first-order chi connectivity index (χ1) is 7.24. The number of rotatable bonds is 2. The van der Waals surface area contributed by atoms with Crippen LogP contribution in [0.3, 0.4) is 0 Å². The van der Waals surface area contributed by atoms with Crippen molar-refractivity contribution < 1.29 is 4.92 Å². The summed E-state index contributed by atoms with van der Waals surface area (Å²) in [4.78, 5) is 10.5. The minimum atomic E-state index is -0.314. The standard InChI is InChI=1S/C12H11NO2/c1-2-10-11-6-4-3-5-9(11)7-8-12(10)13(14)15/h3-8H,2H2,1H3. The highest BCUT2D eigenvalue weighted by molar-refractivity contribution is 5.88. The van der Waals surface area contributed by atoms with E-state index < -0.39 is 0 Å².